The molecule has 0 aliphatic heterocycles. The van der Waals surface area contributed by atoms with Gasteiger partial charge in [-0.1, -0.05) is 63.7 Å². The SMILES string of the molecule is CN(C)c1cc(CBr)ccn1.COS(=O)(=O)C(F)(F)F.COS(=O)(=O)C(F)(F)F.C[N+](C)(C)c1cc(CBr)ccn1.Cc1ccnc(N(C)C)c1.Cc1ccnc(N)c1.Cc1ccnc([18F])c1.Cc1ccnc([18F])c1.Cc1ccnc([N+](=O)[O-])c1.Cc1ccnc([N+](C)(C)C)c1.O=[N+]([O-])c1cc(CBr)ccn1.[18F]c1cc(CBr)ccn1. The number of aromatic nitrogens is 10. The van der Waals surface area contributed by atoms with Crippen LogP contribution >= 0.6 is 63.7 Å². The van der Waals surface area contributed by atoms with Crippen LogP contribution in [0.4, 0.5) is 80.2 Å². The lowest BCUT2D eigenvalue weighted by Gasteiger charge is -2.21. The summed E-state index contributed by atoms with van der Waals surface area (Å²) >= 11 is 13.2. The first-order valence-electron chi connectivity index (χ1n) is 33.1. The number of pyridine rings is 10. The van der Waals surface area contributed by atoms with Gasteiger partial charge in [0, 0.05) is 123 Å². The lowest BCUT2D eigenvalue weighted by atomic mass is 10.3. The summed E-state index contributed by atoms with van der Waals surface area (Å²) in [7, 11) is 10.8. The van der Waals surface area contributed by atoms with E-state index in [-0.39, 0.29) is 11.6 Å². The van der Waals surface area contributed by atoms with Crippen molar-refractivity contribution < 1.29 is 74.6 Å². The van der Waals surface area contributed by atoms with E-state index in [0.717, 1.165) is 76.3 Å². The molecule has 27 nitrogen and oxygen atoms in total. The average molecular weight is 1930 g/mol. The molecule has 2 N–H and O–H groups in total. The number of hydrogen-bond donors (Lipinski definition) is 1. The Kier molecular flexibility index (Phi) is 51.9. The van der Waals surface area contributed by atoms with Crippen molar-refractivity contribution in [2.24, 2.45) is 0 Å². The van der Waals surface area contributed by atoms with Gasteiger partial charge in [0.2, 0.25) is 29.5 Å². The van der Waals surface area contributed by atoms with E-state index in [0.29, 0.717) is 30.7 Å². The fourth-order valence-electron chi connectivity index (χ4n) is 6.89. The minimum atomic E-state index is -5.34. The summed E-state index contributed by atoms with van der Waals surface area (Å²) in [4.78, 5) is 61.3. The van der Waals surface area contributed by atoms with Gasteiger partial charge >= 0.3 is 42.9 Å². The fourth-order valence-corrected chi connectivity index (χ4v) is 8.66. The summed E-state index contributed by atoms with van der Waals surface area (Å²) in [5, 5.41) is 23.4. The molecule has 0 radical (unpaired) electrons. The zero-order chi connectivity index (χ0) is 89.4. The topological polar surface area (TPSA) is 334 Å². The van der Waals surface area contributed by atoms with E-state index < -0.39 is 58.9 Å². The molecule has 0 aromatic carbocycles. The summed E-state index contributed by atoms with van der Waals surface area (Å²) in [6.07, 6.45) is 16.3. The molecule has 42 heteroatoms. The maximum atomic E-state index is 12.2. The number of nitro groups is 2. The average Bonchev–Trinajstić information content (AvgIpc) is 0.834. The molecule has 0 fully saturated rings. The molecular weight excluding hydrogens is 1840 g/mol. The van der Waals surface area contributed by atoms with E-state index in [1.165, 1.54) is 83.6 Å². The van der Waals surface area contributed by atoms with Crippen LogP contribution in [0, 0.1) is 79.6 Å². The summed E-state index contributed by atoms with van der Waals surface area (Å²) in [6.45, 7) is 11.6. The normalized spacial score (nSPS) is 10.5. The monoisotopic (exact) mass is 1930 g/mol. The number of nitrogen functional groups attached to an aromatic ring is 1. The third kappa shape index (κ3) is 49.6. The number of nitrogens with zero attached hydrogens (tertiary/aromatic N) is 16. The molecule has 10 aromatic heterocycles. The van der Waals surface area contributed by atoms with Crippen LogP contribution in [0.25, 0.3) is 0 Å². The van der Waals surface area contributed by atoms with Crippen molar-refractivity contribution in [2.75, 3.05) is 100 Å². The second-order valence-electron chi connectivity index (χ2n) is 25.2. The Hall–Kier alpha value is -9.27. The number of alkyl halides is 10. The second-order valence-corrected chi connectivity index (χ2v) is 30.8. The summed E-state index contributed by atoms with van der Waals surface area (Å²) in [5.74, 6) is 3.34. The van der Waals surface area contributed by atoms with Crippen molar-refractivity contribution in [2.45, 2.75) is 73.9 Å². The van der Waals surface area contributed by atoms with Gasteiger partial charge < -0.3 is 35.8 Å². The highest BCUT2D eigenvalue weighted by molar-refractivity contribution is 9.09. The summed E-state index contributed by atoms with van der Waals surface area (Å²) in [6, 6.07) is 35.9. The molecule has 0 bridgehead atoms. The van der Waals surface area contributed by atoms with Gasteiger partial charge in [-0.05, 0) is 214 Å². The van der Waals surface area contributed by atoms with Gasteiger partial charge in [-0.25, -0.2) is 39.9 Å². The van der Waals surface area contributed by atoms with Crippen LogP contribution in [-0.4, -0.2) is 172 Å². The molecule has 0 amide bonds. The molecule has 0 saturated heterocycles. The van der Waals surface area contributed by atoms with Gasteiger partial charge in [0.15, 0.2) is 0 Å². The minimum Gasteiger partial charge on any atom is -0.384 e. The second kappa shape index (κ2) is 55.4. The molecule has 0 aliphatic carbocycles. The van der Waals surface area contributed by atoms with Crippen LogP contribution in [0.15, 0.2) is 183 Å². The number of nitrogens with two attached hydrogens (primary N) is 1. The van der Waals surface area contributed by atoms with Crippen molar-refractivity contribution in [1.29, 1.82) is 0 Å². The highest BCUT2D eigenvalue weighted by Crippen LogP contribution is 2.25. The Morgan fingerprint density at radius 1 is 0.388 bits per heavy atom. The van der Waals surface area contributed by atoms with Crippen LogP contribution in [0.3, 0.4) is 0 Å². The van der Waals surface area contributed by atoms with Crippen LogP contribution in [0.1, 0.15) is 55.6 Å². The number of anilines is 3. The van der Waals surface area contributed by atoms with Crippen LogP contribution in [0.2, 0.25) is 0 Å². The molecule has 10 rings (SSSR count). The van der Waals surface area contributed by atoms with Crippen LogP contribution in [0.5, 0.6) is 0 Å². The van der Waals surface area contributed by atoms with Crippen LogP contribution in [-0.2, 0) is 49.9 Å². The first-order chi connectivity index (χ1) is 53.7. The largest absolute Gasteiger partial charge is 0.523 e. The first kappa shape index (κ1) is 109. The quantitative estimate of drug-likeness (QED) is 0.0173. The minimum absolute atomic E-state index is 0.0972. The van der Waals surface area contributed by atoms with Gasteiger partial charge in [0.05, 0.1) is 56.5 Å². The lowest BCUT2D eigenvalue weighted by molar-refractivity contribution is -0.389. The van der Waals surface area contributed by atoms with Gasteiger partial charge in [-0.15, -0.1) is 0 Å². The lowest BCUT2D eigenvalue weighted by Crippen LogP contribution is -2.35. The van der Waals surface area contributed by atoms with Crippen molar-refractivity contribution in [3.05, 3.63) is 277 Å². The summed E-state index contributed by atoms with van der Waals surface area (Å²) < 4.78 is 150. The zero-order valence-electron chi connectivity index (χ0n) is 66.7. The molecule has 0 spiro atoms. The number of hydrogen-bond acceptors (Lipinski definition) is 23. The molecule has 636 valence electrons. The predicted molar refractivity (Wildman–Crippen MR) is 451 cm³/mol. The van der Waals surface area contributed by atoms with Crippen molar-refractivity contribution in [3.63, 3.8) is 0 Å². The third-order valence-electron chi connectivity index (χ3n) is 12.9. The smallest absolute Gasteiger partial charge is 0.384 e. The van der Waals surface area contributed by atoms with Gasteiger partial charge in [0.25, 0.3) is 0 Å². The molecule has 10 aromatic rings. The van der Waals surface area contributed by atoms with E-state index in [2.05, 4.69) is 202 Å². The molecule has 10 heterocycles. The Bertz CT molecular complexity index is 4580. The van der Waals surface area contributed by atoms with E-state index in [9.17, 15) is 76.6 Å². The van der Waals surface area contributed by atoms with Crippen molar-refractivity contribution >= 4 is 125 Å². The van der Waals surface area contributed by atoms with Crippen molar-refractivity contribution in [1.82, 2.24) is 58.8 Å². The van der Waals surface area contributed by atoms with Gasteiger partial charge in [-0.2, -0.15) is 56.3 Å². The number of aryl methyl sites for hydroxylation is 6. The van der Waals surface area contributed by atoms with E-state index in [1.807, 2.05) is 120 Å². The molecule has 0 atom stereocenters. The first-order valence-corrected chi connectivity index (χ1v) is 40.4. The molecule has 0 aliphatic rings. The van der Waals surface area contributed by atoms with Gasteiger partial charge in [-0.3, -0.25) is 17.3 Å². The van der Waals surface area contributed by atoms with E-state index in [1.54, 1.807) is 43.5 Å². The highest BCUT2D eigenvalue weighted by Gasteiger charge is 2.47. The van der Waals surface area contributed by atoms with Crippen LogP contribution < -0.4 is 24.5 Å². The Morgan fingerprint density at radius 3 is 0.905 bits per heavy atom. The Morgan fingerprint density at radius 2 is 0.655 bits per heavy atom. The summed E-state index contributed by atoms with van der Waals surface area (Å²) in [5.41, 5.74) is 5.34. The number of rotatable bonds is 12. The Labute approximate surface area is 704 Å². The predicted octanol–water partition coefficient (Wildman–Crippen LogP) is 17.6. The molecule has 0 saturated carbocycles. The number of halogens is 13. The standard InChI is InChI=1S/C9H14BrN2.C9H15N2.C8H11BrN2.C8H12N2.C6H5BrFN.C6H5BrN2O2.2C6H6FN.C6H6N2O2.C6H8N2.2C2H3F3O3S/c1-12(2,3)9-6-8(7-10)4-5-11-9;1-8-5-6-10-9(7-8)11(2,3)4;1-11(2)8-5-7(6-9)3-4-10-8;1-7-4-5-9-8(6-7)10(2)3;7-4-5-1-2-9-6(8)3-5;7-4-5-1-2-8-6(3-5)9(10)11;2*1-5-2-3-8-6(7)4-5;1-5-2-3-7-6(4-5)8(9)10;1-5-2-3-8-6(7)4-5;2*1-8-9(6,7)2(3,4)5/h4-6H,7H2,1-3H3;5-7H,1-4H3;3-5H,6H2,1-2H3;4-6H,1-3H3;1-3H,4H2;1-3H,4H2;2*2-4H,1H3;2-4H,1H3;2-4H,1H3,(H2,7,8);2*1H3/q2*+1;;;;;;;;;;/i;;;;8-1;;2*7-1;;;;. The molecular formula is C74H94Br4F9N17O10S2+2. The fraction of sp³-hybridized carbons (Fsp3) is 0.324. The zero-order valence-corrected chi connectivity index (χ0v) is 74.7. The van der Waals surface area contributed by atoms with Gasteiger partial charge in [0.1, 0.15) is 29.8 Å². The maximum absolute atomic E-state index is 12.2. The van der Waals surface area contributed by atoms with E-state index >= 15 is 0 Å². The highest BCUT2D eigenvalue weighted by atomic mass is 79.9. The van der Waals surface area contributed by atoms with E-state index in [4.69, 9.17) is 5.73 Å². The third-order valence-corrected chi connectivity index (χ3v) is 17.5. The molecule has 116 heavy (non-hydrogen) atoms. The Balaban J connectivity index is 0. The van der Waals surface area contributed by atoms with Crippen molar-refractivity contribution in [3.8, 4) is 0 Å². The molecule has 0 unspecified atom stereocenters. The maximum Gasteiger partial charge on any atom is 0.523 e. The number of quaternary nitrogens is 2.